The molecule has 0 heterocycles. The molecule has 3 nitrogen and oxygen atoms in total. The Morgan fingerprint density at radius 3 is 2.78 bits per heavy atom. The lowest BCUT2D eigenvalue weighted by Gasteiger charge is -2.15. The Bertz CT molecular complexity index is 455. The second-order valence-corrected chi connectivity index (χ2v) is 5.58. The van der Waals surface area contributed by atoms with Crippen molar-refractivity contribution >= 4 is 23.2 Å². The summed E-state index contributed by atoms with van der Waals surface area (Å²) in [5.74, 6) is -0.109. The minimum atomic E-state index is -0.109. The Morgan fingerprint density at radius 1 is 1.50 bits per heavy atom. The summed E-state index contributed by atoms with van der Waals surface area (Å²) >= 11 is 6.01. The van der Waals surface area contributed by atoms with Crippen LogP contribution in [0, 0.1) is 5.41 Å². The minimum Gasteiger partial charge on any atom is -0.399 e. The van der Waals surface area contributed by atoms with Crippen molar-refractivity contribution in [3.63, 3.8) is 0 Å². The highest BCUT2D eigenvalue weighted by molar-refractivity contribution is 6.34. The van der Waals surface area contributed by atoms with E-state index >= 15 is 0 Å². The van der Waals surface area contributed by atoms with Gasteiger partial charge in [0.25, 0.3) is 5.91 Å². The van der Waals surface area contributed by atoms with Gasteiger partial charge >= 0.3 is 0 Å². The number of amides is 1. The smallest absolute Gasteiger partial charge is 0.252 e. The SMILES string of the molecule is CCCC1(CNC(=O)c2ccc(N)cc2Cl)CC1. The van der Waals surface area contributed by atoms with Crippen LogP contribution in [0.2, 0.25) is 5.02 Å². The van der Waals surface area contributed by atoms with Crippen molar-refractivity contribution in [2.24, 2.45) is 5.41 Å². The van der Waals surface area contributed by atoms with E-state index in [-0.39, 0.29) is 5.91 Å². The molecule has 0 unspecified atom stereocenters. The fourth-order valence-electron chi connectivity index (χ4n) is 2.30. The number of carbonyl (C=O) groups is 1. The fourth-order valence-corrected chi connectivity index (χ4v) is 2.58. The van der Waals surface area contributed by atoms with Gasteiger partial charge in [-0.15, -0.1) is 0 Å². The predicted octanol–water partition coefficient (Wildman–Crippen LogP) is 3.23. The zero-order valence-electron chi connectivity index (χ0n) is 10.6. The van der Waals surface area contributed by atoms with Gasteiger partial charge in [0.15, 0.2) is 0 Å². The lowest BCUT2D eigenvalue weighted by atomic mass is 10.0. The van der Waals surface area contributed by atoms with E-state index in [0.29, 0.717) is 21.7 Å². The molecule has 1 fully saturated rings. The van der Waals surface area contributed by atoms with E-state index in [2.05, 4.69) is 12.2 Å². The molecule has 0 aromatic heterocycles. The summed E-state index contributed by atoms with van der Waals surface area (Å²) in [6, 6.07) is 4.97. The first-order valence-corrected chi connectivity index (χ1v) is 6.77. The van der Waals surface area contributed by atoms with Gasteiger partial charge < -0.3 is 11.1 Å². The number of nitrogen functional groups attached to an aromatic ring is 1. The van der Waals surface area contributed by atoms with Crippen molar-refractivity contribution in [3.8, 4) is 0 Å². The van der Waals surface area contributed by atoms with Crippen molar-refractivity contribution in [3.05, 3.63) is 28.8 Å². The number of hydrogen-bond donors (Lipinski definition) is 2. The van der Waals surface area contributed by atoms with E-state index in [1.807, 2.05) is 0 Å². The van der Waals surface area contributed by atoms with Gasteiger partial charge in [-0.25, -0.2) is 0 Å². The standard InChI is InChI=1S/C14H19ClN2O/c1-2-5-14(6-7-14)9-17-13(18)11-4-3-10(16)8-12(11)15/h3-4,8H,2,5-7,9,16H2,1H3,(H,17,18). The Balaban J connectivity index is 1.96. The second-order valence-electron chi connectivity index (χ2n) is 5.17. The van der Waals surface area contributed by atoms with Crippen LogP contribution in [0.1, 0.15) is 43.0 Å². The monoisotopic (exact) mass is 266 g/mol. The molecule has 0 spiro atoms. The summed E-state index contributed by atoms with van der Waals surface area (Å²) in [5.41, 5.74) is 7.02. The summed E-state index contributed by atoms with van der Waals surface area (Å²) in [6.07, 6.45) is 4.79. The van der Waals surface area contributed by atoms with Gasteiger partial charge in [-0.05, 0) is 42.9 Å². The molecule has 3 N–H and O–H groups in total. The number of benzene rings is 1. The van der Waals surface area contributed by atoms with E-state index in [9.17, 15) is 4.79 Å². The van der Waals surface area contributed by atoms with Crippen LogP contribution in [0.5, 0.6) is 0 Å². The Morgan fingerprint density at radius 2 is 2.22 bits per heavy atom. The molecule has 1 aliphatic rings. The molecule has 18 heavy (non-hydrogen) atoms. The van der Waals surface area contributed by atoms with Crippen molar-refractivity contribution in [2.75, 3.05) is 12.3 Å². The van der Waals surface area contributed by atoms with Crippen LogP contribution in [0.25, 0.3) is 0 Å². The highest BCUT2D eigenvalue weighted by Gasteiger charge is 2.41. The molecule has 0 radical (unpaired) electrons. The van der Waals surface area contributed by atoms with E-state index in [1.165, 1.54) is 25.7 Å². The lowest BCUT2D eigenvalue weighted by molar-refractivity contribution is 0.0944. The lowest BCUT2D eigenvalue weighted by Crippen LogP contribution is -2.30. The maximum atomic E-state index is 12.0. The van der Waals surface area contributed by atoms with Crippen LogP contribution in [0.3, 0.4) is 0 Å². The predicted molar refractivity (Wildman–Crippen MR) is 74.8 cm³/mol. The summed E-state index contributed by atoms with van der Waals surface area (Å²) in [7, 11) is 0. The van der Waals surface area contributed by atoms with Gasteiger partial charge in [0.1, 0.15) is 0 Å². The average Bonchev–Trinajstić information content (AvgIpc) is 3.07. The quantitative estimate of drug-likeness (QED) is 0.804. The topological polar surface area (TPSA) is 55.1 Å². The van der Waals surface area contributed by atoms with Crippen LogP contribution >= 0.6 is 11.6 Å². The molecular weight excluding hydrogens is 248 g/mol. The van der Waals surface area contributed by atoms with Gasteiger partial charge in [0, 0.05) is 12.2 Å². The summed E-state index contributed by atoms with van der Waals surface area (Å²) in [4.78, 5) is 12.0. The third kappa shape index (κ3) is 2.96. The van der Waals surface area contributed by atoms with E-state index in [0.717, 1.165) is 6.54 Å². The van der Waals surface area contributed by atoms with Gasteiger partial charge in [-0.2, -0.15) is 0 Å². The molecule has 1 aromatic rings. The molecule has 0 bridgehead atoms. The van der Waals surface area contributed by atoms with Crippen molar-refractivity contribution in [2.45, 2.75) is 32.6 Å². The Hall–Kier alpha value is -1.22. The molecular formula is C14H19ClN2O. The number of rotatable bonds is 5. The van der Waals surface area contributed by atoms with Crippen LogP contribution in [-0.4, -0.2) is 12.5 Å². The van der Waals surface area contributed by atoms with Gasteiger partial charge in [0.2, 0.25) is 0 Å². The second kappa shape index (κ2) is 5.19. The Labute approximate surface area is 113 Å². The average molecular weight is 267 g/mol. The number of anilines is 1. The van der Waals surface area contributed by atoms with E-state index < -0.39 is 0 Å². The van der Waals surface area contributed by atoms with E-state index in [1.54, 1.807) is 18.2 Å². The maximum Gasteiger partial charge on any atom is 0.252 e. The number of halogens is 1. The highest BCUT2D eigenvalue weighted by Crippen LogP contribution is 2.48. The maximum absolute atomic E-state index is 12.0. The molecule has 1 aliphatic carbocycles. The molecule has 0 aliphatic heterocycles. The van der Waals surface area contributed by atoms with Gasteiger partial charge in [-0.3, -0.25) is 4.79 Å². The molecule has 2 rings (SSSR count). The molecule has 1 amide bonds. The number of hydrogen-bond acceptors (Lipinski definition) is 2. The fraction of sp³-hybridized carbons (Fsp3) is 0.500. The first kappa shape index (κ1) is 13.2. The molecule has 4 heteroatoms. The van der Waals surface area contributed by atoms with Crippen LogP contribution in [0.4, 0.5) is 5.69 Å². The van der Waals surface area contributed by atoms with Crippen molar-refractivity contribution < 1.29 is 4.79 Å². The number of nitrogens with two attached hydrogens (primary N) is 1. The molecule has 0 saturated heterocycles. The third-order valence-corrected chi connectivity index (χ3v) is 3.91. The van der Waals surface area contributed by atoms with Crippen LogP contribution in [0.15, 0.2) is 18.2 Å². The zero-order chi connectivity index (χ0) is 13.2. The van der Waals surface area contributed by atoms with Crippen LogP contribution in [-0.2, 0) is 0 Å². The van der Waals surface area contributed by atoms with Gasteiger partial charge in [0.05, 0.1) is 10.6 Å². The first-order valence-electron chi connectivity index (χ1n) is 6.39. The minimum absolute atomic E-state index is 0.109. The zero-order valence-corrected chi connectivity index (χ0v) is 11.4. The number of nitrogens with one attached hydrogen (secondary N) is 1. The van der Waals surface area contributed by atoms with Crippen LogP contribution < -0.4 is 11.1 Å². The molecule has 98 valence electrons. The molecule has 1 saturated carbocycles. The molecule has 1 aromatic carbocycles. The van der Waals surface area contributed by atoms with Gasteiger partial charge in [-0.1, -0.05) is 24.9 Å². The summed E-state index contributed by atoms with van der Waals surface area (Å²) in [5, 5.41) is 3.39. The largest absolute Gasteiger partial charge is 0.399 e. The van der Waals surface area contributed by atoms with Crippen molar-refractivity contribution in [1.29, 1.82) is 0 Å². The normalized spacial score (nSPS) is 16.3. The van der Waals surface area contributed by atoms with Crippen molar-refractivity contribution in [1.82, 2.24) is 5.32 Å². The number of carbonyl (C=O) groups excluding carboxylic acids is 1. The first-order chi connectivity index (χ1) is 8.56. The summed E-state index contributed by atoms with van der Waals surface area (Å²) < 4.78 is 0. The summed E-state index contributed by atoms with van der Waals surface area (Å²) in [6.45, 7) is 2.93. The molecule has 0 atom stereocenters. The van der Waals surface area contributed by atoms with E-state index in [4.69, 9.17) is 17.3 Å². The Kier molecular flexibility index (Phi) is 3.81. The highest BCUT2D eigenvalue weighted by atomic mass is 35.5. The third-order valence-electron chi connectivity index (χ3n) is 3.60.